The highest BCUT2D eigenvalue weighted by Gasteiger charge is 2.28. The molecule has 0 atom stereocenters. The summed E-state index contributed by atoms with van der Waals surface area (Å²) in [4.78, 5) is 22.2. The number of hydrogen-bond donors (Lipinski definition) is 0. The van der Waals surface area contributed by atoms with Crippen molar-refractivity contribution in [2.24, 2.45) is 0 Å². The smallest absolute Gasteiger partial charge is 0.298 e. The molecular formula is C35H34N4O3S. The Kier molecular flexibility index (Phi) is 9.06. The first-order valence-electron chi connectivity index (χ1n) is 14.5. The number of benzene rings is 4. The normalized spacial score (nSPS) is 13.7. The third-order valence-corrected chi connectivity index (χ3v) is 8.33. The van der Waals surface area contributed by atoms with Gasteiger partial charge in [-0.1, -0.05) is 84.9 Å². The summed E-state index contributed by atoms with van der Waals surface area (Å²) in [5, 5.41) is 0.490. The van der Waals surface area contributed by atoms with Crippen molar-refractivity contribution in [2.75, 3.05) is 33.3 Å². The number of rotatable bonds is 10. The number of piperazine rings is 1. The van der Waals surface area contributed by atoms with Crippen LogP contribution in [-0.2, 0) is 17.6 Å². The van der Waals surface area contributed by atoms with Crippen LogP contribution in [0.4, 0.5) is 0 Å². The van der Waals surface area contributed by atoms with Crippen LogP contribution in [0.15, 0.2) is 109 Å². The molecule has 0 aliphatic carbocycles. The molecule has 43 heavy (non-hydrogen) atoms. The molecule has 1 fully saturated rings. The van der Waals surface area contributed by atoms with Gasteiger partial charge >= 0.3 is 0 Å². The van der Waals surface area contributed by atoms with Gasteiger partial charge in [0.05, 0.1) is 19.6 Å². The molecule has 0 radical (unpaired) electrons. The van der Waals surface area contributed by atoms with E-state index in [-0.39, 0.29) is 11.9 Å². The molecule has 5 aromatic rings. The molecule has 0 unspecified atom stereocenters. The Bertz CT molecular complexity index is 1580. The highest BCUT2D eigenvalue weighted by Crippen LogP contribution is 2.30. The van der Waals surface area contributed by atoms with Crippen LogP contribution in [0.3, 0.4) is 0 Å². The summed E-state index contributed by atoms with van der Waals surface area (Å²) in [6.45, 7) is 3.08. The van der Waals surface area contributed by atoms with Crippen LogP contribution in [0.2, 0.25) is 0 Å². The zero-order valence-electron chi connectivity index (χ0n) is 24.1. The quantitative estimate of drug-likeness (QED) is 0.187. The third-order valence-electron chi connectivity index (χ3n) is 7.69. The fraction of sp³-hybridized carbons (Fsp3) is 0.229. The fourth-order valence-electron chi connectivity index (χ4n) is 5.49. The number of nitrogens with zero attached hydrogens (tertiary/aromatic N) is 4. The van der Waals surface area contributed by atoms with Crippen LogP contribution < -0.4 is 9.47 Å². The number of hydrogen-bond acceptors (Lipinski definition) is 7. The van der Waals surface area contributed by atoms with E-state index in [0.29, 0.717) is 42.7 Å². The Hall–Kier alpha value is -4.53. The molecule has 0 N–H and O–H groups in total. The van der Waals surface area contributed by atoms with Gasteiger partial charge in [0.1, 0.15) is 11.5 Å². The molecule has 1 aliphatic heterocycles. The van der Waals surface area contributed by atoms with Gasteiger partial charge in [-0.2, -0.15) is 9.36 Å². The second kappa shape index (κ2) is 13.6. The topological polar surface area (TPSA) is 67.8 Å². The average molecular weight is 591 g/mol. The first-order valence-corrected chi connectivity index (χ1v) is 15.3. The van der Waals surface area contributed by atoms with E-state index in [1.807, 2.05) is 53.4 Å². The van der Waals surface area contributed by atoms with Gasteiger partial charge in [-0.25, -0.2) is 0 Å². The van der Waals surface area contributed by atoms with Crippen molar-refractivity contribution >= 4 is 17.4 Å². The number of aromatic nitrogens is 2. The van der Waals surface area contributed by atoms with Crippen molar-refractivity contribution in [3.05, 3.63) is 137 Å². The summed E-state index contributed by atoms with van der Waals surface area (Å²) in [5.74, 6) is 2.33. The van der Waals surface area contributed by atoms with E-state index in [1.165, 1.54) is 22.7 Å². The predicted molar refractivity (Wildman–Crippen MR) is 169 cm³/mol. The molecule has 8 heteroatoms. The van der Waals surface area contributed by atoms with Crippen LogP contribution >= 0.6 is 11.5 Å². The van der Waals surface area contributed by atoms with Gasteiger partial charge in [-0.15, -0.1) is 0 Å². The lowest BCUT2D eigenvalue weighted by molar-refractivity contribution is -0.132. The Labute approximate surface area is 256 Å². The SMILES string of the molecule is COc1cccc(Cc2nsc(Oc3ccc(CC(=O)N4CCN(C(c5ccccc5)c5ccccc5)CC4)cc3)n2)c1. The molecule has 2 heterocycles. The minimum Gasteiger partial charge on any atom is -0.497 e. The molecule has 0 spiro atoms. The molecule has 1 aromatic heterocycles. The van der Waals surface area contributed by atoms with Gasteiger partial charge < -0.3 is 14.4 Å². The van der Waals surface area contributed by atoms with Crippen molar-refractivity contribution < 1.29 is 14.3 Å². The predicted octanol–water partition coefficient (Wildman–Crippen LogP) is 6.41. The minimum atomic E-state index is 0.149. The molecule has 7 nitrogen and oxygen atoms in total. The van der Waals surface area contributed by atoms with Crippen LogP contribution in [0.1, 0.15) is 34.1 Å². The lowest BCUT2D eigenvalue weighted by atomic mass is 9.96. The Balaban J connectivity index is 1.02. The van der Waals surface area contributed by atoms with Crippen molar-refractivity contribution in [3.63, 3.8) is 0 Å². The fourth-order valence-corrected chi connectivity index (χ4v) is 6.06. The molecule has 0 saturated carbocycles. The number of methoxy groups -OCH3 is 1. The van der Waals surface area contributed by atoms with Gasteiger partial charge in [0.2, 0.25) is 5.91 Å². The largest absolute Gasteiger partial charge is 0.497 e. The first kappa shape index (κ1) is 28.6. The highest BCUT2D eigenvalue weighted by atomic mass is 32.1. The third kappa shape index (κ3) is 7.28. The summed E-state index contributed by atoms with van der Waals surface area (Å²) >= 11 is 1.23. The maximum absolute atomic E-state index is 13.2. The van der Waals surface area contributed by atoms with Crippen LogP contribution in [0, 0.1) is 0 Å². The van der Waals surface area contributed by atoms with Crippen LogP contribution in [0.25, 0.3) is 0 Å². The van der Waals surface area contributed by atoms with E-state index in [0.717, 1.165) is 30.0 Å². The number of carbonyl (C=O) groups excluding carboxylic acids is 1. The van der Waals surface area contributed by atoms with Gasteiger partial charge in [0.25, 0.3) is 5.19 Å². The van der Waals surface area contributed by atoms with Crippen molar-refractivity contribution in [1.29, 1.82) is 0 Å². The van der Waals surface area contributed by atoms with Gasteiger partial charge in [0.15, 0.2) is 5.82 Å². The van der Waals surface area contributed by atoms with E-state index in [1.54, 1.807) is 7.11 Å². The molecule has 6 rings (SSSR count). The summed E-state index contributed by atoms with van der Waals surface area (Å²) in [7, 11) is 1.66. The van der Waals surface area contributed by atoms with Crippen molar-refractivity contribution in [1.82, 2.24) is 19.2 Å². The number of ether oxygens (including phenoxy) is 2. The van der Waals surface area contributed by atoms with Crippen LogP contribution in [0.5, 0.6) is 16.7 Å². The Morgan fingerprint density at radius 2 is 1.47 bits per heavy atom. The standard InChI is InChI=1S/C35H34N4O3S/c1-41-31-14-8-9-27(23-31)24-32-36-35(43-37-32)42-30-17-15-26(16-18-30)25-33(40)38-19-21-39(22-20-38)34(28-10-4-2-5-11-28)29-12-6-3-7-13-29/h2-18,23,34H,19-22,24-25H2,1H3. The summed E-state index contributed by atoms with van der Waals surface area (Å²) in [6.07, 6.45) is 0.968. The van der Waals surface area contributed by atoms with Crippen molar-refractivity contribution in [2.45, 2.75) is 18.9 Å². The maximum Gasteiger partial charge on any atom is 0.298 e. The van der Waals surface area contributed by atoms with E-state index in [4.69, 9.17) is 9.47 Å². The molecule has 1 saturated heterocycles. The van der Waals surface area contributed by atoms with E-state index >= 15 is 0 Å². The molecule has 1 amide bonds. The molecule has 0 bridgehead atoms. The lowest BCUT2D eigenvalue weighted by Gasteiger charge is -2.40. The van der Waals surface area contributed by atoms with Crippen molar-refractivity contribution in [3.8, 4) is 16.7 Å². The zero-order valence-corrected chi connectivity index (χ0v) is 25.0. The minimum absolute atomic E-state index is 0.149. The van der Waals surface area contributed by atoms with Crippen LogP contribution in [-0.4, -0.2) is 58.4 Å². The van der Waals surface area contributed by atoms with E-state index in [9.17, 15) is 4.79 Å². The molecule has 4 aromatic carbocycles. The maximum atomic E-state index is 13.2. The summed E-state index contributed by atoms with van der Waals surface area (Å²) in [6, 6.07) is 37.0. The number of amides is 1. The zero-order chi connectivity index (χ0) is 29.4. The summed E-state index contributed by atoms with van der Waals surface area (Å²) in [5.41, 5.74) is 4.59. The monoisotopic (exact) mass is 590 g/mol. The molecular weight excluding hydrogens is 556 g/mol. The van der Waals surface area contributed by atoms with Gasteiger partial charge in [0, 0.05) is 44.1 Å². The first-order chi connectivity index (χ1) is 21.1. The van der Waals surface area contributed by atoms with Gasteiger partial charge in [-0.3, -0.25) is 9.69 Å². The Morgan fingerprint density at radius 1 is 0.791 bits per heavy atom. The van der Waals surface area contributed by atoms with Gasteiger partial charge in [-0.05, 0) is 46.5 Å². The second-order valence-corrected chi connectivity index (χ2v) is 11.3. The molecule has 1 aliphatic rings. The van der Waals surface area contributed by atoms with E-state index in [2.05, 4.69) is 74.9 Å². The highest BCUT2D eigenvalue weighted by molar-refractivity contribution is 7.07. The second-order valence-electron chi connectivity index (χ2n) is 10.6. The van der Waals surface area contributed by atoms with E-state index < -0.39 is 0 Å². The summed E-state index contributed by atoms with van der Waals surface area (Å²) < 4.78 is 15.7. The average Bonchev–Trinajstić information content (AvgIpc) is 3.50. The lowest BCUT2D eigenvalue weighted by Crippen LogP contribution is -2.50. The molecule has 218 valence electrons. The number of carbonyl (C=O) groups is 1. The Morgan fingerprint density at radius 3 is 2.12 bits per heavy atom.